The van der Waals surface area contributed by atoms with E-state index in [9.17, 15) is 24.1 Å². The molecule has 0 fully saturated rings. The van der Waals surface area contributed by atoms with E-state index in [1.807, 2.05) is 0 Å². The van der Waals surface area contributed by atoms with Gasteiger partial charge in [-0.1, -0.05) is 18.2 Å². The molecule has 0 aliphatic heterocycles. The summed E-state index contributed by atoms with van der Waals surface area (Å²) in [6.45, 7) is 1.21. The molecule has 0 saturated carbocycles. The zero-order chi connectivity index (χ0) is 19.1. The Balaban J connectivity index is 1.80. The van der Waals surface area contributed by atoms with Gasteiger partial charge in [0.2, 0.25) is 0 Å². The largest absolute Gasteiger partial charge is 0.452 e. The van der Waals surface area contributed by atoms with Crippen LogP contribution in [0.25, 0.3) is 0 Å². The van der Waals surface area contributed by atoms with Crippen LogP contribution in [-0.2, 0) is 16.0 Å². The van der Waals surface area contributed by atoms with E-state index in [1.54, 1.807) is 18.2 Å². The van der Waals surface area contributed by atoms with E-state index in [4.69, 9.17) is 4.74 Å². The summed E-state index contributed by atoms with van der Waals surface area (Å²) >= 11 is 0. The molecule has 7 nitrogen and oxygen atoms in total. The number of ether oxygens (including phenoxy) is 1. The molecule has 0 radical (unpaired) electrons. The van der Waals surface area contributed by atoms with Crippen LogP contribution in [0.2, 0.25) is 0 Å². The molecular formula is C18H17FN2O5. The highest BCUT2D eigenvalue weighted by Crippen LogP contribution is 2.19. The van der Waals surface area contributed by atoms with Crippen molar-refractivity contribution in [3.63, 3.8) is 0 Å². The van der Waals surface area contributed by atoms with Crippen molar-refractivity contribution in [3.05, 3.63) is 75.1 Å². The molecule has 26 heavy (non-hydrogen) atoms. The fraction of sp³-hybridized carbons (Fsp3) is 0.222. The third kappa shape index (κ3) is 5.10. The van der Waals surface area contributed by atoms with Crippen molar-refractivity contribution in [2.45, 2.75) is 13.3 Å². The number of nitro groups is 1. The van der Waals surface area contributed by atoms with Crippen LogP contribution in [0.5, 0.6) is 0 Å². The number of hydrogen-bond acceptors (Lipinski definition) is 5. The van der Waals surface area contributed by atoms with Crippen LogP contribution >= 0.6 is 0 Å². The average molecular weight is 360 g/mol. The quantitative estimate of drug-likeness (QED) is 0.465. The Morgan fingerprint density at radius 2 is 1.96 bits per heavy atom. The standard InChI is InChI=1S/C18H17FN2O5/c1-12-10-14(6-7-16(12)21(24)25)18(23)26-11-17(22)20-9-8-13-4-2-3-5-15(13)19/h2-7,10H,8-9,11H2,1H3,(H,20,22). The van der Waals surface area contributed by atoms with Crippen LogP contribution in [0.1, 0.15) is 21.5 Å². The van der Waals surface area contributed by atoms with E-state index in [0.717, 1.165) is 0 Å². The molecule has 136 valence electrons. The summed E-state index contributed by atoms with van der Waals surface area (Å²) in [4.78, 5) is 33.8. The first-order valence-corrected chi connectivity index (χ1v) is 7.80. The number of halogens is 1. The van der Waals surface area contributed by atoms with E-state index in [0.29, 0.717) is 17.5 Å². The average Bonchev–Trinajstić information content (AvgIpc) is 2.61. The van der Waals surface area contributed by atoms with Crippen LogP contribution in [0.4, 0.5) is 10.1 Å². The summed E-state index contributed by atoms with van der Waals surface area (Å²) in [5.41, 5.74) is 0.810. The summed E-state index contributed by atoms with van der Waals surface area (Å²) in [5, 5.41) is 13.3. The van der Waals surface area contributed by atoms with Gasteiger partial charge < -0.3 is 10.1 Å². The molecule has 2 rings (SSSR count). The van der Waals surface area contributed by atoms with E-state index in [2.05, 4.69) is 5.32 Å². The predicted molar refractivity (Wildman–Crippen MR) is 91.2 cm³/mol. The maximum Gasteiger partial charge on any atom is 0.338 e. The molecule has 0 aromatic heterocycles. The Hall–Kier alpha value is -3.29. The first kappa shape index (κ1) is 19.0. The fourth-order valence-corrected chi connectivity index (χ4v) is 2.29. The zero-order valence-electron chi connectivity index (χ0n) is 14.0. The van der Waals surface area contributed by atoms with Gasteiger partial charge in [-0.15, -0.1) is 0 Å². The lowest BCUT2D eigenvalue weighted by molar-refractivity contribution is -0.385. The first-order valence-electron chi connectivity index (χ1n) is 7.80. The van der Waals surface area contributed by atoms with E-state index < -0.39 is 23.4 Å². The second-order valence-electron chi connectivity index (χ2n) is 5.53. The molecule has 0 atom stereocenters. The van der Waals surface area contributed by atoms with Crippen molar-refractivity contribution in [1.82, 2.24) is 5.32 Å². The Labute approximate surface area is 148 Å². The third-order valence-corrected chi connectivity index (χ3v) is 3.64. The van der Waals surface area contributed by atoms with Gasteiger partial charge in [-0.3, -0.25) is 14.9 Å². The second kappa shape index (κ2) is 8.70. The monoisotopic (exact) mass is 360 g/mol. The molecule has 1 amide bonds. The fourth-order valence-electron chi connectivity index (χ4n) is 2.29. The number of hydrogen-bond donors (Lipinski definition) is 1. The Morgan fingerprint density at radius 3 is 2.62 bits per heavy atom. The lowest BCUT2D eigenvalue weighted by atomic mass is 10.1. The van der Waals surface area contributed by atoms with Crippen LogP contribution in [0.3, 0.4) is 0 Å². The predicted octanol–water partition coefficient (Wildman–Crippen LogP) is 2.56. The summed E-state index contributed by atoms with van der Waals surface area (Å²) in [6, 6.07) is 10.1. The van der Waals surface area contributed by atoms with Crippen molar-refractivity contribution in [2.24, 2.45) is 0 Å². The smallest absolute Gasteiger partial charge is 0.338 e. The van der Waals surface area contributed by atoms with Crippen LogP contribution < -0.4 is 5.32 Å². The molecule has 1 N–H and O–H groups in total. The number of nitro benzene ring substituents is 1. The van der Waals surface area contributed by atoms with E-state index in [1.165, 1.54) is 31.2 Å². The second-order valence-corrected chi connectivity index (χ2v) is 5.53. The summed E-state index contributed by atoms with van der Waals surface area (Å²) in [7, 11) is 0. The minimum atomic E-state index is -0.757. The maximum absolute atomic E-state index is 13.4. The SMILES string of the molecule is Cc1cc(C(=O)OCC(=O)NCCc2ccccc2F)ccc1[N+](=O)[O-]. The van der Waals surface area contributed by atoms with Crippen molar-refractivity contribution >= 4 is 17.6 Å². The van der Waals surface area contributed by atoms with Crippen molar-refractivity contribution in [2.75, 3.05) is 13.2 Å². The van der Waals surface area contributed by atoms with Gasteiger partial charge in [0, 0.05) is 18.2 Å². The topological polar surface area (TPSA) is 98.5 Å². The third-order valence-electron chi connectivity index (χ3n) is 3.64. The molecule has 0 spiro atoms. The summed E-state index contributed by atoms with van der Waals surface area (Å²) in [6.07, 6.45) is 0.313. The lowest BCUT2D eigenvalue weighted by Gasteiger charge is -2.08. The molecule has 0 aliphatic rings. The number of nitrogens with zero attached hydrogens (tertiary/aromatic N) is 1. The molecule has 0 saturated heterocycles. The number of rotatable bonds is 7. The lowest BCUT2D eigenvalue weighted by Crippen LogP contribution is -2.30. The number of nitrogens with one attached hydrogen (secondary N) is 1. The molecule has 8 heteroatoms. The Morgan fingerprint density at radius 1 is 1.23 bits per heavy atom. The molecule has 0 unspecified atom stereocenters. The highest BCUT2D eigenvalue weighted by atomic mass is 19.1. The number of benzene rings is 2. The molecule has 2 aromatic carbocycles. The number of carbonyl (C=O) groups excluding carboxylic acids is 2. The van der Waals surface area contributed by atoms with Gasteiger partial charge in [0.25, 0.3) is 11.6 Å². The maximum atomic E-state index is 13.4. The van der Waals surface area contributed by atoms with Gasteiger partial charge in [0.15, 0.2) is 6.61 Å². The minimum Gasteiger partial charge on any atom is -0.452 e. The molecule has 0 heterocycles. The van der Waals surface area contributed by atoms with Gasteiger partial charge in [0.05, 0.1) is 10.5 Å². The summed E-state index contributed by atoms with van der Waals surface area (Å²) < 4.78 is 18.3. The number of esters is 1. The molecule has 0 aliphatic carbocycles. The van der Waals surface area contributed by atoms with Crippen molar-refractivity contribution < 1.29 is 23.6 Å². The molecule has 0 bridgehead atoms. The van der Waals surface area contributed by atoms with Gasteiger partial charge in [-0.25, -0.2) is 9.18 Å². The van der Waals surface area contributed by atoms with E-state index in [-0.39, 0.29) is 23.6 Å². The highest BCUT2D eigenvalue weighted by Gasteiger charge is 2.15. The van der Waals surface area contributed by atoms with Gasteiger partial charge in [0.1, 0.15) is 5.82 Å². The minimum absolute atomic E-state index is 0.104. The molecule has 2 aromatic rings. The van der Waals surface area contributed by atoms with Gasteiger partial charge in [-0.2, -0.15) is 0 Å². The number of aryl methyl sites for hydroxylation is 1. The van der Waals surface area contributed by atoms with E-state index >= 15 is 0 Å². The van der Waals surface area contributed by atoms with Crippen molar-refractivity contribution in [1.29, 1.82) is 0 Å². The number of carbonyl (C=O) groups is 2. The summed E-state index contributed by atoms with van der Waals surface area (Å²) in [5.74, 6) is -1.62. The van der Waals surface area contributed by atoms with Crippen LogP contribution in [0.15, 0.2) is 42.5 Å². The Bertz CT molecular complexity index is 838. The zero-order valence-corrected chi connectivity index (χ0v) is 14.0. The first-order chi connectivity index (χ1) is 12.4. The Kier molecular flexibility index (Phi) is 6.37. The number of amides is 1. The van der Waals surface area contributed by atoms with Crippen molar-refractivity contribution in [3.8, 4) is 0 Å². The van der Waals surface area contributed by atoms with Gasteiger partial charge in [-0.05, 0) is 37.1 Å². The normalized spacial score (nSPS) is 10.2. The van der Waals surface area contributed by atoms with Crippen LogP contribution in [0, 0.1) is 22.9 Å². The van der Waals surface area contributed by atoms with Gasteiger partial charge >= 0.3 is 5.97 Å². The highest BCUT2D eigenvalue weighted by molar-refractivity contribution is 5.91. The molecular weight excluding hydrogens is 343 g/mol. The van der Waals surface area contributed by atoms with Crippen LogP contribution in [-0.4, -0.2) is 30.0 Å².